The van der Waals surface area contributed by atoms with E-state index >= 15 is 0 Å². The van der Waals surface area contributed by atoms with Crippen molar-refractivity contribution in [1.82, 2.24) is 5.32 Å². The summed E-state index contributed by atoms with van der Waals surface area (Å²) in [5.41, 5.74) is 6.85. The third-order valence-corrected chi connectivity index (χ3v) is 2.57. The summed E-state index contributed by atoms with van der Waals surface area (Å²) >= 11 is 0. The van der Waals surface area contributed by atoms with Crippen LogP contribution in [0.15, 0.2) is 24.3 Å². The summed E-state index contributed by atoms with van der Waals surface area (Å²) in [6.07, 6.45) is 5.74. The van der Waals surface area contributed by atoms with Crippen LogP contribution in [0.5, 0.6) is 0 Å². The molecule has 1 atom stereocenters. The van der Waals surface area contributed by atoms with Gasteiger partial charge >= 0.3 is 5.97 Å². The first-order chi connectivity index (χ1) is 9.08. The molecule has 0 fully saturated rings. The van der Waals surface area contributed by atoms with Crippen molar-refractivity contribution in [1.29, 1.82) is 0 Å². The SMILES string of the molecule is C#CCC(NC(=O)c1ccc(CCN)cc1)C(=O)O. The third kappa shape index (κ3) is 4.45. The first-order valence-corrected chi connectivity index (χ1v) is 5.84. The third-order valence-electron chi connectivity index (χ3n) is 2.57. The maximum atomic E-state index is 11.8. The number of carbonyl (C=O) groups is 2. The number of terminal acetylenes is 1. The molecule has 0 aliphatic carbocycles. The van der Waals surface area contributed by atoms with Crippen LogP contribution in [0.1, 0.15) is 22.3 Å². The van der Waals surface area contributed by atoms with Gasteiger partial charge in [0.2, 0.25) is 0 Å². The molecule has 1 aromatic carbocycles. The average Bonchev–Trinajstić information content (AvgIpc) is 2.39. The van der Waals surface area contributed by atoms with E-state index in [1.807, 2.05) is 0 Å². The van der Waals surface area contributed by atoms with E-state index in [0.29, 0.717) is 12.1 Å². The zero-order valence-corrected chi connectivity index (χ0v) is 10.4. The summed E-state index contributed by atoms with van der Waals surface area (Å²) in [5.74, 6) is 0.619. The predicted molar refractivity (Wildman–Crippen MR) is 71.5 cm³/mol. The van der Waals surface area contributed by atoms with E-state index in [9.17, 15) is 9.59 Å². The van der Waals surface area contributed by atoms with Crippen molar-refractivity contribution in [3.63, 3.8) is 0 Å². The molecule has 4 N–H and O–H groups in total. The molecule has 0 aliphatic heterocycles. The number of amides is 1. The van der Waals surface area contributed by atoms with Gasteiger partial charge in [0.1, 0.15) is 6.04 Å². The van der Waals surface area contributed by atoms with Crippen LogP contribution in [-0.4, -0.2) is 29.6 Å². The molecule has 1 unspecified atom stereocenters. The molecule has 0 saturated carbocycles. The Morgan fingerprint density at radius 1 is 1.37 bits per heavy atom. The summed E-state index contributed by atoms with van der Waals surface area (Å²) in [7, 11) is 0. The van der Waals surface area contributed by atoms with Gasteiger partial charge in [-0.2, -0.15) is 0 Å². The largest absolute Gasteiger partial charge is 0.480 e. The normalized spacial score (nSPS) is 11.4. The first kappa shape index (κ1) is 14.7. The summed E-state index contributed by atoms with van der Waals surface area (Å²) < 4.78 is 0. The van der Waals surface area contributed by atoms with Crippen molar-refractivity contribution in [2.75, 3.05) is 6.54 Å². The fraction of sp³-hybridized carbons (Fsp3) is 0.286. The second-order valence-corrected chi connectivity index (χ2v) is 4.01. The molecular weight excluding hydrogens is 244 g/mol. The van der Waals surface area contributed by atoms with Crippen LogP contribution in [0.2, 0.25) is 0 Å². The maximum absolute atomic E-state index is 11.8. The summed E-state index contributed by atoms with van der Waals surface area (Å²) in [4.78, 5) is 22.7. The topological polar surface area (TPSA) is 92.4 Å². The number of nitrogens with two attached hydrogens (primary N) is 1. The van der Waals surface area contributed by atoms with Crippen molar-refractivity contribution in [3.05, 3.63) is 35.4 Å². The van der Waals surface area contributed by atoms with Gasteiger partial charge in [0.15, 0.2) is 0 Å². The number of hydrogen-bond acceptors (Lipinski definition) is 3. The minimum absolute atomic E-state index is 0.0493. The molecule has 5 nitrogen and oxygen atoms in total. The molecule has 0 heterocycles. The van der Waals surface area contributed by atoms with Gasteiger partial charge < -0.3 is 16.2 Å². The zero-order chi connectivity index (χ0) is 14.3. The highest BCUT2D eigenvalue weighted by atomic mass is 16.4. The van der Waals surface area contributed by atoms with E-state index in [-0.39, 0.29) is 6.42 Å². The number of rotatable bonds is 6. The average molecular weight is 260 g/mol. The standard InChI is InChI=1S/C14H16N2O3/c1-2-3-12(14(18)19)16-13(17)11-6-4-10(5-7-11)8-9-15/h1,4-7,12H,3,8-9,15H2,(H,16,17)(H,18,19). The number of carbonyl (C=O) groups excluding carboxylic acids is 1. The highest BCUT2D eigenvalue weighted by Crippen LogP contribution is 2.05. The Morgan fingerprint density at radius 3 is 2.47 bits per heavy atom. The van der Waals surface area contributed by atoms with Crippen LogP contribution in [0.4, 0.5) is 0 Å². The maximum Gasteiger partial charge on any atom is 0.327 e. The Morgan fingerprint density at radius 2 is 2.00 bits per heavy atom. The fourth-order valence-electron chi connectivity index (χ4n) is 1.55. The molecule has 0 radical (unpaired) electrons. The summed E-state index contributed by atoms with van der Waals surface area (Å²) in [5, 5.41) is 11.3. The molecule has 0 bridgehead atoms. The lowest BCUT2D eigenvalue weighted by Gasteiger charge is -2.12. The van der Waals surface area contributed by atoms with Gasteiger partial charge in [0.25, 0.3) is 5.91 Å². The van der Waals surface area contributed by atoms with E-state index in [4.69, 9.17) is 17.3 Å². The van der Waals surface area contributed by atoms with E-state index in [1.54, 1.807) is 24.3 Å². The Labute approximate surface area is 111 Å². The van der Waals surface area contributed by atoms with E-state index in [2.05, 4.69) is 11.2 Å². The number of hydrogen-bond donors (Lipinski definition) is 3. The van der Waals surface area contributed by atoms with E-state index < -0.39 is 17.9 Å². The fourth-order valence-corrected chi connectivity index (χ4v) is 1.55. The lowest BCUT2D eigenvalue weighted by Crippen LogP contribution is -2.40. The Hall–Kier alpha value is -2.32. The Balaban J connectivity index is 2.72. The smallest absolute Gasteiger partial charge is 0.327 e. The van der Waals surface area contributed by atoms with Crippen LogP contribution < -0.4 is 11.1 Å². The van der Waals surface area contributed by atoms with Gasteiger partial charge in [-0.15, -0.1) is 12.3 Å². The molecular formula is C14H16N2O3. The van der Waals surface area contributed by atoms with Crippen molar-refractivity contribution in [2.45, 2.75) is 18.9 Å². The molecule has 0 saturated heterocycles. The van der Waals surface area contributed by atoms with Gasteiger partial charge in [-0.1, -0.05) is 12.1 Å². The van der Waals surface area contributed by atoms with Gasteiger partial charge in [0.05, 0.1) is 0 Å². The van der Waals surface area contributed by atoms with Crippen molar-refractivity contribution >= 4 is 11.9 Å². The molecule has 1 amide bonds. The summed E-state index contributed by atoms with van der Waals surface area (Å²) in [6.45, 7) is 0.537. The van der Waals surface area contributed by atoms with Gasteiger partial charge in [0, 0.05) is 12.0 Å². The molecule has 19 heavy (non-hydrogen) atoms. The van der Waals surface area contributed by atoms with Crippen LogP contribution in [0.25, 0.3) is 0 Å². The molecule has 5 heteroatoms. The molecule has 1 rings (SSSR count). The molecule has 1 aromatic rings. The predicted octanol–water partition coefficient (Wildman–Crippen LogP) is 0.394. The van der Waals surface area contributed by atoms with Crippen molar-refractivity contribution in [3.8, 4) is 12.3 Å². The Kier molecular flexibility index (Phi) is 5.58. The highest BCUT2D eigenvalue weighted by Gasteiger charge is 2.19. The van der Waals surface area contributed by atoms with E-state index in [1.165, 1.54) is 0 Å². The van der Waals surface area contributed by atoms with Crippen molar-refractivity contribution in [2.24, 2.45) is 5.73 Å². The lowest BCUT2D eigenvalue weighted by molar-refractivity contribution is -0.139. The summed E-state index contributed by atoms with van der Waals surface area (Å²) in [6, 6.07) is 5.78. The van der Waals surface area contributed by atoms with Crippen LogP contribution in [0, 0.1) is 12.3 Å². The second-order valence-electron chi connectivity index (χ2n) is 4.01. The number of benzene rings is 1. The minimum Gasteiger partial charge on any atom is -0.480 e. The minimum atomic E-state index is -1.15. The monoisotopic (exact) mass is 260 g/mol. The second kappa shape index (κ2) is 7.19. The molecule has 0 aliphatic rings. The van der Waals surface area contributed by atoms with E-state index in [0.717, 1.165) is 12.0 Å². The number of aliphatic carboxylic acids is 1. The lowest BCUT2D eigenvalue weighted by atomic mass is 10.1. The number of nitrogens with one attached hydrogen (secondary N) is 1. The first-order valence-electron chi connectivity index (χ1n) is 5.84. The zero-order valence-electron chi connectivity index (χ0n) is 10.4. The number of carboxylic acid groups (broad SMARTS) is 1. The molecule has 100 valence electrons. The highest BCUT2D eigenvalue weighted by molar-refractivity contribution is 5.96. The van der Waals surface area contributed by atoms with Crippen LogP contribution in [-0.2, 0) is 11.2 Å². The Bertz CT molecular complexity index is 488. The number of carboxylic acids is 1. The van der Waals surface area contributed by atoms with Gasteiger partial charge in [-0.05, 0) is 30.7 Å². The van der Waals surface area contributed by atoms with Gasteiger partial charge in [-0.3, -0.25) is 4.79 Å². The van der Waals surface area contributed by atoms with Crippen molar-refractivity contribution < 1.29 is 14.7 Å². The molecule has 0 aromatic heterocycles. The quantitative estimate of drug-likeness (QED) is 0.645. The van der Waals surface area contributed by atoms with Crippen LogP contribution in [0.3, 0.4) is 0 Å². The van der Waals surface area contributed by atoms with Gasteiger partial charge in [-0.25, -0.2) is 4.79 Å². The molecule has 0 spiro atoms. The van der Waals surface area contributed by atoms with Crippen LogP contribution >= 0.6 is 0 Å².